The Hall–Kier alpha value is -1.23. The van der Waals surface area contributed by atoms with E-state index in [1.807, 2.05) is 0 Å². The molecule has 0 aromatic rings. The van der Waals surface area contributed by atoms with Crippen LogP contribution in [0.4, 0.5) is 0 Å². The van der Waals surface area contributed by atoms with Crippen LogP contribution in [0.5, 0.6) is 0 Å². The van der Waals surface area contributed by atoms with Crippen LogP contribution in [0.25, 0.3) is 0 Å². The van der Waals surface area contributed by atoms with Crippen LogP contribution in [-0.4, -0.2) is 81.0 Å². The Morgan fingerprint density at radius 2 is 1.45 bits per heavy atom. The van der Waals surface area contributed by atoms with E-state index < -0.39 is 42.9 Å². The summed E-state index contributed by atoms with van der Waals surface area (Å²) in [6.07, 6.45) is 15.4. The monoisotopic (exact) mass is 791 g/mol. The minimum Gasteiger partial charge on any atom is -0.510 e. The number of carbonyl (C=O) groups is 1. The third-order valence-electron chi connectivity index (χ3n) is 15.8. The summed E-state index contributed by atoms with van der Waals surface area (Å²) in [6.45, 7) is 13.8. The van der Waals surface area contributed by atoms with E-state index in [1.165, 1.54) is 77.0 Å². The van der Waals surface area contributed by atoms with Gasteiger partial charge in [0.25, 0.3) is 0 Å². The molecule has 1 saturated heterocycles. The van der Waals surface area contributed by atoms with Crippen LogP contribution in [0.3, 0.4) is 0 Å². The Morgan fingerprint density at radius 3 is 2.11 bits per heavy atom. The predicted octanol–water partition coefficient (Wildman–Crippen LogP) is 9.32. The summed E-state index contributed by atoms with van der Waals surface area (Å²) in [5, 5.41) is 56.1. The minimum absolute atomic E-state index is 0.0336. The van der Waals surface area contributed by atoms with Gasteiger partial charge < -0.3 is 39.7 Å². The zero-order valence-corrected chi connectivity index (χ0v) is 36.1. The van der Waals surface area contributed by atoms with Crippen LogP contribution in [-0.2, 0) is 19.0 Å². The second-order valence-corrected chi connectivity index (χ2v) is 20.0. The van der Waals surface area contributed by atoms with E-state index in [1.54, 1.807) is 0 Å². The number of unbranched alkanes of at least 4 members (excludes halogenated alkanes) is 10. The van der Waals surface area contributed by atoms with Gasteiger partial charge in [0.05, 0.1) is 6.10 Å². The van der Waals surface area contributed by atoms with Gasteiger partial charge in [0, 0.05) is 6.42 Å². The van der Waals surface area contributed by atoms with Crippen molar-refractivity contribution in [3.63, 3.8) is 0 Å². The van der Waals surface area contributed by atoms with Crippen molar-refractivity contribution in [2.75, 3.05) is 6.61 Å². The highest BCUT2D eigenvalue weighted by Gasteiger charge is 2.63. The third-order valence-corrected chi connectivity index (χ3v) is 15.8. The van der Waals surface area contributed by atoms with E-state index in [0.717, 1.165) is 56.4 Å². The molecule has 9 heteroatoms. The largest absolute Gasteiger partial charge is 0.510 e. The average molecular weight is 791 g/mol. The van der Waals surface area contributed by atoms with Crippen molar-refractivity contribution in [2.24, 2.45) is 46.3 Å². The van der Waals surface area contributed by atoms with Gasteiger partial charge in [-0.3, -0.25) is 4.79 Å². The standard InChI is InChI=1S/C47H82O9/c1-7-8-9-10-11-12-13-14-15-16-17-21-38(48)54-29-37-41(50)43(52)44(53)45(56-37)55-32-24-26-47(6)35-25-27-46(5)33(31(4)20-18-19-30(2)3)22-23-34(46)39(35)42(51)40(49)36(47)28-32/h30-35,37,39,41-45,49-53H,7-29H2,1-6H3/t31-,32+,33-,34+,35+,37-,39+,41+,42?,43+,44-,45+,46-,47-/m1/s1. The number of rotatable bonds is 21. The highest BCUT2D eigenvalue weighted by molar-refractivity contribution is 5.69. The Bertz CT molecular complexity index is 1250. The van der Waals surface area contributed by atoms with Crippen molar-refractivity contribution < 1.29 is 44.5 Å². The van der Waals surface area contributed by atoms with E-state index >= 15 is 0 Å². The van der Waals surface area contributed by atoms with Gasteiger partial charge in [-0.05, 0) is 103 Å². The summed E-state index contributed by atoms with van der Waals surface area (Å²) >= 11 is 0. The lowest BCUT2D eigenvalue weighted by Crippen LogP contribution is -2.60. The molecule has 9 nitrogen and oxygen atoms in total. The van der Waals surface area contributed by atoms with E-state index in [9.17, 15) is 30.3 Å². The lowest BCUT2D eigenvalue weighted by molar-refractivity contribution is -0.313. The molecular formula is C47H82O9. The molecule has 1 unspecified atom stereocenters. The zero-order chi connectivity index (χ0) is 40.6. The van der Waals surface area contributed by atoms with Crippen molar-refractivity contribution in [2.45, 2.75) is 226 Å². The normalized spacial score (nSPS) is 38.9. The molecule has 4 fully saturated rings. The fourth-order valence-corrected chi connectivity index (χ4v) is 12.4. The third kappa shape index (κ3) is 10.6. The molecule has 56 heavy (non-hydrogen) atoms. The van der Waals surface area contributed by atoms with Crippen molar-refractivity contribution in [3.05, 3.63) is 11.3 Å². The smallest absolute Gasteiger partial charge is 0.305 e. The highest BCUT2D eigenvalue weighted by atomic mass is 16.7. The van der Waals surface area contributed by atoms with Gasteiger partial charge in [-0.1, -0.05) is 125 Å². The highest BCUT2D eigenvalue weighted by Crippen LogP contribution is 2.68. The number of carbonyl (C=O) groups excluding carboxylic acids is 1. The van der Waals surface area contributed by atoms with Crippen LogP contribution in [0.2, 0.25) is 0 Å². The van der Waals surface area contributed by atoms with E-state index in [4.69, 9.17) is 14.2 Å². The summed E-state index contributed by atoms with van der Waals surface area (Å²) in [7, 11) is 0. The second kappa shape index (κ2) is 20.8. The molecule has 0 radical (unpaired) electrons. The van der Waals surface area contributed by atoms with Crippen molar-refractivity contribution in [3.8, 4) is 0 Å². The lowest BCUT2D eigenvalue weighted by Gasteiger charge is -2.60. The average Bonchev–Trinajstić information content (AvgIpc) is 3.53. The number of fused-ring (bicyclic) bond motifs is 5. The summed E-state index contributed by atoms with van der Waals surface area (Å²) in [6, 6.07) is 0. The fourth-order valence-electron chi connectivity index (χ4n) is 12.4. The molecule has 0 bridgehead atoms. The van der Waals surface area contributed by atoms with Gasteiger partial charge in [0.15, 0.2) is 6.29 Å². The number of hydrogen-bond donors (Lipinski definition) is 5. The number of aliphatic hydroxyl groups is 5. The molecule has 5 N–H and O–H groups in total. The number of esters is 1. The van der Waals surface area contributed by atoms with Gasteiger partial charge in [0.1, 0.15) is 42.9 Å². The molecule has 0 amide bonds. The maximum atomic E-state index is 12.5. The predicted molar refractivity (Wildman–Crippen MR) is 220 cm³/mol. The quantitative estimate of drug-likeness (QED) is 0.0567. The van der Waals surface area contributed by atoms with Crippen LogP contribution in [0.1, 0.15) is 183 Å². The lowest BCUT2D eigenvalue weighted by atomic mass is 9.46. The summed E-state index contributed by atoms with van der Waals surface area (Å²) in [4.78, 5) is 12.5. The summed E-state index contributed by atoms with van der Waals surface area (Å²) in [5.41, 5.74) is 0.759. The van der Waals surface area contributed by atoms with Crippen LogP contribution >= 0.6 is 0 Å². The summed E-state index contributed by atoms with van der Waals surface area (Å²) in [5.74, 6) is 2.46. The molecule has 5 aliphatic rings. The first-order valence-corrected chi connectivity index (χ1v) is 23.3. The number of aliphatic hydroxyl groups excluding tert-OH is 5. The van der Waals surface area contributed by atoms with Crippen molar-refractivity contribution in [1.82, 2.24) is 0 Å². The molecule has 1 aliphatic heterocycles. The molecule has 14 atom stereocenters. The Morgan fingerprint density at radius 1 is 0.786 bits per heavy atom. The maximum absolute atomic E-state index is 12.5. The van der Waals surface area contributed by atoms with Crippen LogP contribution in [0, 0.1) is 46.3 Å². The molecule has 4 aliphatic carbocycles. The van der Waals surface area contributed by atoms with Gasteiger partial charge in [-0.15, -0.1) is 0 Å². The molecule has 0 aromatic carbocycles. The summed E-state index contributed by atoms with van der Waals surface area (Å²) < 4.78 is 17.8. The van der Waals surface area contributed by atoms with E-state index in [-0.39, 0.29) is 47.4 Å². The Balaban J connectivity index is 1.11. The van der Waals surface area contributed by atoms with E-state index in [2.05, 4.69) is 41.5 Å². The Kier molecular flexibility index (Phi) is 17.1. The molecule has 1 heterocycles. The molecule has 5 rings (SSSR count). The molecule has 324 valence electrons. The minimum atomic E-state index is -1.53. The first-order chi connectivity index (χ1) is 26.7. The van der Waals surface area contributed by atoms with Gasteiger partial charge in [0.2, 0.25) is 0 Å². The molecular weight excluding hydrogens is 709 g/mol. The zero-order valence-electron chi connectivity index (χ0n) is 36.1. The van der Waals surface area contributed by atoms with Gasteiger partial charge in [-0.2, -0.15) is 0 Å². The Labute approximate surface area is 339 Å². The van der Waals surface area contributed by atoms with Crippen molar-refractivity contribution in [1.29, 1.82) is 0 Å². The van der Waals surface area contributed by atoms with Crippen LogP contribution < -0.4 is 0 Å². The van der Waals surface area contributed by atoms with Crippen molar-refractivity contribution >= 4 is 5.97 Å². The van der Waals surface area contributed by atoms with Gasteiger partial charge in [-0.25, -0.2) is 0 Å². The van der Waals surface area contributed by atoms with Crippen LogP contribution in [0.15, 0.2) is 11.3 Å². The number of hydrogen-bond acceptors (Lipinski definition) is 9. The maximum Gasteiger partial charge on any atom is 0.305 e. The van der Waals surface area contributed by atoms with Gasteiger partial charge >= 0.3 is 5.97 Å². The number of ether oxygens (including phenoxy) is 3. The molecule has 0 spiro atoms. The SMILES string of the molecule is CCCCCCCCCCCCCC(=O)OC[C@H]1O[C@H](O[C@H]2CC[C@@]3(C)C(=C(O)C(O)[C@H]4[C@@H]5CC[C@H]([C@H](C)CCCC(C)C)[C@@]5(C)CC[C@@H]43)C2)[C@H](O)[C@@H](O)[C@H]1O. The second-order valence-electron chi connectivity index (χ2n) is 20.0. The molecule has 3 saturated carbocycles. The fraction of sp³-hybridized carbons (Fsp3) is 0.936. The first kappa shape index (κ1) is 45.8. The molecule has 0 aromatic heterocycles. The topological polar surface area (TPSA) is 146 Å². The van der Waals surface area contributed by atoms with E-state index in [0.29, 0.717) is 30.6 Å². The first-order valence-electron chi connectivity index (χ1n) is 23.3.